The molecule has 21 heavy (non-hydrogen) atoms. The third kappa shape index (κ3) is 3.74. The van der Waals surface area contributed by atoms with Crippen LogP contribution in [0.15, 0.2) is 34.8 Å². The Labute approximate surface area is 138 Å². The smallest absolute Gasteiger partial charge is 0.146 e. The number of alkyl halides is 1. The zero-order valence-corrected chi connectivity index (χ0v) is 14.3. The summed E-state index contributed by atoms with van der Waals surface area (Å²) in [6, 6.07) is 7.83. The Morgan fingerprint density at radius 3 is 2.57 bits per heavy atom. The minimum absolute atomic E-state index is 0.118. The normalized spacial score (nSPS) is 10.5. The zero-order valence-electron chi connectivity index (χ0n) is 11.1. The summed E-state index contributed by atoms with van der Waals surface area (Å²) >= 11 is 6.38. The highest BCUT2D eigenvalue weighted by Crippen LogP contribution is 2.29. The largest absolute Gasteiger partial charge is 0.497 e. The van der Waals surface area contributed by atoms with E-state index in [9.17, 15) is 8.78 Å². The van der Waals surface area contributed by atoms with Crippen LogP contribution in [0.1, 0.15) is 11.1 Å². The first-order valence-corrected chi connectivity index (χ1v) is 7.96. The molecule has 0 heterocycles. The molecule has 112 valence electrons. The lowest BCUT2D eigenvalue weighted by molar-refractivity contribution is 0.288. The van der Waals surface area contributed by atoms with E-state index in [1.165, 1.54) is 12.1 Å². The molecule has 0 amide bonds. The SMILES string of the molecule is COc1ccc(CBr)c(OCc2c(F)ccc(Br)c2F)c1. The molecule has 2 aromatic rings. The molecule has 0 fully saturated rings. The number of benzene rings is 2. The van der Waals surface area contributed by atoms with E-state index in [1.807, 2.05) is 6.07 Å². The molecule has 0 spiro atoms. The van der Waals surface area contributed by atoms with Crippen LogP contribution in [-0.4, -0.2) is 7.11 Å². The number of halogens is 4. The summed E-state index contributed by atoms with van der Waals surface area (Å²) < 4.78 is 38.5. The molecule has 2 nitrogen and oxygen atoms in total. The summed E-state index contributed by atoms with van der Waals surface area (Å²) in [6.07, 6.45) is 0. The average molecular weight is 422 g/mol. The van der Waals surface area contributed by atoms with Gasteiger partial charge >= 0.3 is 0 Å². The van der Waals surface area contributed by atoms with Crippen molar-refractivity contribution in [2.45, 2.75) is 11.9 Å². The van der Waals surface area contributed by atoms with Crippen molar-refractivity contribution in [1.82, 2.24) is 0 Å². The summed E-state index contributed by atoms with van der Waals surface area (Å²) in [5.74, 6) is -0.160. The van der Waals surface area contributed by atoms with Gasteiger partial charge in [-0.2, -0.15) is 0 Å². The standard InChI is InChI=1S/C15H12Br2F2O2/c1-20-10-3-2-9(7-16)14(6-10)21-8-11-13(18)5-4-12(17)15(11)19/h2-6H,7-8H2,1H3. The van der Waals surface area contributed by atoms with E-state index in [4.69, 9.17) is 9.47 Å². The first kappa shape index (κ1) is 16.2. The maximum atomic E-state index is 13.9. The highest BCUT2D eigenvalue weighted by molar-refractivity contribution is 9.10. The Hall–Kier alpha value is -1.14. The molecular formula is C15H12Br2F2O2. The van der Waals surface area contributed by atoms with E-state index in [-0.39, 0.29) is 16.6 Å². The topological polar surface area (TPSA) is 18.5 Å². The second-order valence-electron chi connectivity index (χ2n) is 4.22. The van der Waals surface area contributed by atoms with Crippen molar-refractivity contribution in [1.29, 1.82) is 0 Å². The Bertz CT molecular complexity index is 648. The molecule has 0 bridgehead atoms. The van der Waals surface area contributed by atoms with Gasteiger partial charge in [0.15, 0.2) is 0 Å². The Balaban J connectivity index is 2.26. The molecule has 2 rings (SSSR count). The highest BCUT2D eigenvalue weighted by atomic mass is 79.9. The number of methoxy groups -OCH3 is 1. The highest BCUT2D eigenvalue weighted by Gasteiger charge is 2.14. The summed E-state index contributed by atoms with van der Waals surface area (Å²) in [5, 5.41) is 0.565. The quantitative estimate of drug-likeness (QED) is 0.487. The fraction of sp³-hybridized carbons (Fsp3) is 0.200. The van der Waals surface area contributed by atoms with Crippen LogP contribution in [0.3, 0.4) is 0 Å². The minimum atomic E-state index is -0.654. The van der Waals surface area contributed by atoms with E-state index in [1.54, 1.807) is 19.2 Å². The van der Waals surface area contributed by atoms with Crippen molar-refractivity contribution in [2.75, 3.05) is 7.11 Å². The molecule has 0 unspecified atom stereocenters. The van der Waals surface area contributed by atoms with Crippen molar-refractivity contribution in [3.63, 3.8) is 0 Å². The van der Waals surface area contributed by atoms with E-state index in [0.717, 1.165) is 5.56 Å². The molecule has 2 aromatic carbocycles. The van der Waals surface area contributed by atoms with Gasteiger partial charge in [-0.3, -0.25) is 0 Å². The minimum Gasteiger partial charge on any atom is -0.497 e. The van der Waals surface area contributed by atoms with E-state index >= 15 is 0 Å². The average Bonchev–Trinajstić information content (AvgIpc) is 2.50. The Kier molecular flexibility index (Phi) is 5.58. The van der Waals surface area contributed by atoms with Crippen LogP contribution >= 0.6 is 31.9 Å². The predicted molar refractivity (Wildman–Crippen MR) is 84.0 cm³/mol. The number of rotatable bonds is 5. The Morgan fingerprint density at radius 2 is 1.90 bits per heavy atom. The first-order valence-electron chi connectivity index (χ1n) is 6.05. The lowest BCUT2D eigenvalue weighted by atomic mass is 10.2. The molecule has 0 aliphatic carbocycles. The second-order valence-corrected chi connectivity index (χ2v) is 5.63. The van der Waals surface area contributed by atoms with Gasteiger partial charge in [0.1, 0.15) is 29.7 Å². The summed E-state index contributed by atoms with van der Waals surface area (Å²) in [5.41, 5.74) is 0.749. The van der Waals surface area contributed by atoms with Crippen LogP contribution in [0.5, 0.6) is 11.5 Å². The molecule has 0 saturated carbocycles. The van der Waals surface area contributed by atoms with Gasteiger partial charge in [-0.1, -0.05) is 22.0 Å². The van der Waals surface area contributed by atoms with Crippen molar-refractivity contribution >= 4 is 31.9 Å². The van der Waals surface area contributed by atoms with Crippen molar-refractivity contribution < 1.29 is 18.3 Å². The number of ether oxygens (including phenoxy) is 2. The second kappa shape index (κ2) is 7.22. The van der Waals surface area contributed by atoms with Crippen LogP contribution in [0.4, 0.5) is 8.78 Å². The van der Waals surface area contributed by atoms with Gasteiger partial charge in [0.2, 0.25) is 0 Å². The molecule has 6 heteroatoms. The molecule has 0 aromatic heterocycles. The zero-order chi connectivity index (χ0) is 15.4. The fourth-order valence-corrected chi connectivity index (χ4v) is 2.59. The van der Waals surface area contributed by atoms with Gasteiger partial charge in [0.25, 0.3) is 0 Å². The van der Waals surface area contributed by atoms with Gasteiger partial charge < -0.3 is 9.47 Å². The van der Waals surface area contributed by atoms with Crippen LogP contribution in [0, 0.1) is 11.6 Å². The van der Waals surface area contributed by atoms with Crippen LogP contribution in [0.25, 0.3) is 0 Å². The van der Waals surface area contributed by atoms with Gasteiger partial charge in [-0.15, -0.1) is 0 Å². The molecule has 0 atom stereocenters. The maximum absolute atomic E-state index is 13.9. The van der Waals surface area contributed by atoms with Gasteiger partial charge in [0.05, 0.1) is 17.1 Å². The van der Waals surface area contributed by atoms with E-state index < -0.39 is 11.6 Å². The fourth-order valence-electron chi connectivity index (χ4n) is 1.76. The molecule has 0 aliphatic rings. The molecule has 0 saturated heterocycles. The lowest BCUT2D eigenvalue weighted by Crippen LogP contribution is -2.04. The molecule has 0 N–H and O–H groups in total. The number of hydrogen-bond acceptors (Lipinski definition) is 2. The van der Waals surface area contributed by atoms with Crippen molar-refractivity contribution in [3.8, 4) is 11.5 Å². The van der Waals surface area contributed by atoms with Gasteiger partial charge in [-0.05, 0) is 34.1 Å². The maximum Gasteiger partial charge on any atom is 0.146 e. The van der Waals surface area contributed by atoms with Crippen molar-refractivity contribution in [2.24, 2.45) is 0 Å². The third-order valence-electron chi connectivity index (χ3n) is 2.93. The van der Waals surface area contributed by atoms with Crippen LogP contribution in [-0.2, 0) is 11.9 Å². The molecule has 0 radical (unpaired) electrons. The van der Waals surface area contributed by atoms with E-state index in [2.05, 4.69) is 31.9 Å². The summed E-state index contributed by atoms with van der Waals surface area (Å²) in [4.78, 5) is 0. The van der Waals surface area contributed by atoms with Gasteiger partial charge in [-0.25, -0.2) is 8.78 Å². The van der Waals surface area contributed by atoms with Crippen molar-refractivity contribution in [3.05, 3.63) is 57.6 Å². The monoisotopic (exact) mass is 420 g/mol. The number of hydrogen-bond donors (Lipinski definition) is 0. The summed E-state index contributed by atoms with van der Waals surface area (Å²) in [7, 11) is 1.54. The molecular weight excluding hydrogens is 410 g/mol. The first-order chi connectivity index (χ1) is 10.1. The lowest BCUT2D eigenvalue weighted by Gasteiger charge is -2.13. The Morgan fingerprint density at radius 1 is 1.14 bits per heavy atom. The molecule has 0 aliphatic heterocycles. The van der Waals surface area contributed by atoms with Gasteiger partial charge in [0, 0.05) is 17.0 Å². The van der Waals surface area contributed by atoms with E-state index in [0.29, 0.717) is 16.8 Å². The van der Waals surface area contributed by atoms with Crippen LogP contribution in [0.2, 0.25) is 0 Å². The van der Waals surface area contributed by atoms with Crippen LogP contribution < -0.4 is 9.47 Å². The third-order valence-corrected chi connectivity index (χ3v) is 4.15. The summed E-state index contributed by atoms with van der Waals surface area (Å²) in [6.45, 7) is -0.204. The predicted octanol–water partition coefficient (Wildman–Crippen LogP) is 5.21.